The molecule has 5 rings (SSSR count). The molecule has 4 aromatic rings. The van der Waals surface area contributed by atoms with E-state index in [1.165, 1.54) is 6.33 Å². The summed E-state index contributed by atoms with van der Waals surface area (Å²) in [6, 6.07) is 17.1. The quantitative estimate of drug-likeness (QED) is 0.561. The minimum absolute atomic E-state index is 0.204. The van der Waals surface area contributed by atoms with Crippen molar-refractivity contribution in [2.24, 2.45) is 4.99 Å². The Balaban J connectivity index is 1.57. The third kappa shape index (κ3) is 3.26. The number of benzene rings is 2. The Morgan fingerprint density at radius 3 is 2.57 bits per heavy atom. The van der Waals surface area contributed by atoms with E-state index in [1.807, 2.05) is 24.4 Å². The topological polar surface area (TPSA) is 89.1 Å². The van der Waals surface area contributed by atoms with Crippen LogP contribution in [0.2, 0.25) is 0 Å². The molecule has 7 nitrogen and oxygen atoms in total. The number of rotatable bonds is 5. The lowest BCUT2D eigenvalue weighted by Crippen LogP contribution is -2.23. The Hall–Kier alpha value is -4.13. The minimum Gasteiger partial charge on any atom is -0.508 e. The van der Waals surface area contributed by atoms with Gasteiger partial charge in [0.15, 0.2) is 11.4 Å². The molecule has 1 atom stereocenters. The van der Waals surface area contributed by atoms with Crippen molar-refractivity contribution >= 4 is 11.8 Å². The Morgan fingerprint density at radius 1 is 0.967 bits per heavy atom. The number of hydrogen-bond donors (Lipinski definition) is 1. The Bertz CT molecular complexity index is 1220. The standard InChI is InChI=1S/C23H18N6O/c30-21-7-5-20(6-8-21)23(22-25-9-2-10-26-22)12-19(13-27-23)18-4-1-3-17(11-18)14-29-16-24-15-28-29/h1-13,15-16,30H,14H2. The van der Waals surface area contributed by atoms with E-state index in [2.05, 4.69) is 44.3 Å². The van der Waals surface area contributed by atoms with Gasteiger partial charge in [-0.25, -0.2) is 19.6 Å². The zero-order chi connectivity index (χ0) is 20.4. The normalized spacial score (nSPS) is 17.8. The first-order valence-corrected chi connectivity index (χ1v) is 9.50. The number of nitrogens with zero attached hydrogens (tertiary/aromatic N) is 6. The van der Waals surface area contributed by atoms with Gasteiger partial charge in [-0.2, -0.15) is 5.10 Å². The Morgan fingerprint density at radius 2 is 1.80 bits per heavy atom. The van der Waals surface area contributed by atoms with Crippen molar-refractivity contribution in [3.05, 3.63) is 108 Å². The average molecular weight is 394 g/mol. The summed E-state index contributed by atoms with van der Waals surface area (Å²) < 4.78 is 1.79. The third-order valence-corrected chi connectivity index (χ3v) is 5.06. The van der Waals surface area contributed by atoms with Gasteiger partial charge in [-0.3, -0.25) is 4.99 Å². The van der Waals surface area contributed by atoms with Crippen molar-refractivity contribution in [3.63, 3.8) is 0 Å². The number of phenols is 1. The maximum absolute atomic E-state index is 9.72. The lowest BCUT2D eigenvalue weighted by atomic mass is 9.88. The predicted octanol–water partition coefficient (Wildman–Crippen LogP) is 3.23. The highest BCUT2D eigenvalue weighted by Crippen LogP contribution is 2.39. The summed E-state index contributed by atoms with van der Waals surface area (Å²) in [6.45, 7) is 0.642. The molecular formula is C23H18N6O. The molecule has 0 spiro atoms. The molecule has 0 saturated carbocycles. The fourth-order valence-corrected chi connectivity index (χ4v) is 3.60. The van der Waals surface area contributed by atoms with E-state index in [-0.39, 0.29) is 5.75 Å². The van der Waals surface area contributed by atoms with Crippen molar-refractivity contribution < 1.29 is 5.11 Å². The van der Waals surface area contributed by atoms with Crippen molar-refractivity contribution in [2.45, 2.75) is 12.1 Å². The molecule has 3 heterocycles. The highest BCUT2D eigenvalue weighted by Gasteiger charge is 2.37. The molecular weight excluding hydrogens is 376 g/mol. The number of aromatic nitrogens is 5. The smallest absolute Gasteiger partial charge is 0.164 e. The van der Waals surface area contributed by atoms with Crippen LogP contribution in [-0.4, -0.2) is 36.1 Å². The van der Waals surface area contributed by atoms with Gasteiger partial charge in [-0.15, -0.1) is 0 Å². The molecule has 30 heavy (non-hydrogen) atoms. The van der Waals surface area contributed by atoms with E-state index in [4.69, 9.17) is 4.99 Å². The average Bonchev–Trinajstić information content (AvgIpc) is 3.46. The first-order chi connectivity index (χ1) is 14.7. The second-order valence-corrected chi connectivity index (χ2v) is 7.04. The number of phenolic OH excluding ortho intramolecular Hbond substituents is 1. The second-order valence-electron chi connectivity index (χ2n) is 7.04. The van der Waals surface area contributed by atoms with Crippen LogP contribution in [0.1, 0.15) is 22.5 Å². The maximum atomic E-state index is 9.72. The van der Waals surface area contributed by atoms with Crippen LogP contribution >= 0.6 is 0 Å². The van der Waals surface area contributed by atoms with E-state index in [1.54, 1.807) is 41.6 Å². The SMILES string of the molecule is Oc1ccc(C2(c3ncccn3)C=C(c3cccc(Cn4cncn4)c3)C=N2)cc1. The van der Waals surface area contributed by atoms with E-state index < -0.39 is 5.54 Å². The summed E-state index contributed by atoms with van der Waals surface area (Å²) in [5, 5.41) is 13.9. The van der Waals surface area contributed by atoms with Gasteiger partial charge in [0.2, 0.25) is 0 Å². The van der Waals surface area contributed by atoms with Gasteiger partial charge in [0, 0.05) is 18.6 Å². The van der Waals surface area contributed by atoms with Crippen LogP contribution in [0, 0.1) is 0 Å². The van der Waals surface area contributed by atoms with Crippen LogP contribution in [0.25, 0.3) is 5.57 Å². The molecule has 146 valence electrons. The minimum atomic E-state index is -0.841. The van der Waals surface area contributed by atoms with E-state index in [9.17, 15) is 5.11 Å². The first kappa shape index (κ1) is 17.9. The van der Waals surface area contributed by atoms with Gasteiger partial charge in [-0.1, -0.05) is 30.3 Å². The molecule has 0 aliphatic carbocycles. The molecule has 0 saturated heterocycles. The highest BCUT2D eigenvalue weighted by molar-refractivity contribution is 6.12. The summed E-state index contributed by atoms with van der Waals surface area (Å²) in [7, 11) is 0. The zero-order valence-electron chi connectivity index (χ0n) is 16.0. The van der Waals surface area contributed by atoms with Gasteiger partial charge in [0.1, 0.15) is 18.4 Å². The molecule has 2 aromatic heterocycles. The molecule has 7 heteroatoms. The third-order valence-electron chi connectivity index (χ3n) is 5.06. The Kier molecular flexibility index (Phi) is 4.40. The molecule has 1 aliphatic rings. The van der Waals surface area contributed by atoms with E-state index >= 15 is 0 Å². The summed E-state index contributed by atoms with van der Waals surface area (Å²) in [6.07, 6.45) is 10.6. The molecule has 1 unspecified atom stereocenters. The van der Waals surface area contributed by atoms with Gasteiger partial charge >= 0.3 is 0 Å². The monoisotopic (exact) mass is 394 g/mol. The number of allylic oxidation sites excluding steroid dienone is 1. The summed E-state index contributed by atoms with van der Waals surface area (Å²) in [4.78, 5) is 17.8. The molecule has 0 amide bonds. The summed E-state index contributed by atoms with van der Waals surface area (Å²) in [5.41, 5.74) is 3.19. The fourth-order valence-electron chi connectivity index (χ4n) is 3.60. The zero-order valence-corrected chi connectivity index (χ0v) is 16.0. The van der Waals surface area contributed by atoms with Crippen LogP contribution in [0.5, 0.6) is 5.75 Å². The maximum Gasteiger partial charge on any atom is 0.164 e. The van der Waals surface area contributed by atoms with Crippen LogP contribution in [0.15, 0.2) is 90.7 Å². The van der Waals surface area contributed by atoms with Gasteiger partial charge in [0.25, 0.3) is 0 Å². The van der Waals surface area contributed by atoms with Crippen LogP contribution in [0.4, 0.5) is 0 Å². The van der Waals surface area contributed by atoms with Gasteiger partial charge in [-0.05, 0) is 52.6 Å². The van der Waals surface area contributed by atoms with Gasteiger partial charge < -0.3 is 5.11 Å². The van der Waals surface area contributed by atoms with Crippen molar-refractivity contribution in [2.75, 3.05) is 0 Å². The molecule has 2 aromatic carbocycles. The first-order valence-electron chi connectivity index (χ1n) is 9.50. The van der Waals surface area contributed by atoms with Crippen molar-refractivity contribution in [1.82, 2.24) is 24.7 Å². The van der Waals surface area contributed by atoms with Crippen LogP contribution in [-0.2, 0) is 12.1 Å². The molecule has 1 aliphatic heterocycles. The van der Waals surface area contributed by atoms with Crippen LogP contribution < -0.4 is 0 Å². The largest absolute Gasteiger partial charge is 0.508 e. The van der Waals surface area contributed by atoms with Gasteiger partial charge in [0.05, 0.1) is 6.54 Å². The van der Waals surface area contributed by atoms with Crippen LogP contribution in [0.3, 0.4) is 0 Å². The summed E-state index contributed by atoms with van der Waals surface area (Å²) >= 11 is 0. The number of aliphatic imine (C=N–C) groups is 1. The van der Waals surface area contributed by atoms with Crippen molar-refractivity contribution in [3.8, 4) is 5.75 Å². The second kappa shape index (κ2) is 7.36. The Labute approximate surface area is 173 Å². The van der Waals surface area contributed by atoms with Crippen molar-refractivity contribution in [1.29, 1.82) is 0 Å². The number of aromatic hydroxyl groups is 1. The molecule has 0 radical (unpaired) electrons. The fraction of sp³-hybridized carbons (Fsp3) is 0.0870. The highest BCUT2D eigenvalue weighted by atomic mass is 16.3. The number of hydrogen-bond acceptors (Lipinski definition) is 6. The molecule has 0 fully saturated rings. The molecule has 0 bridgehead atoms. The van der Waals surface area contributed by atoms with E-state index in [0.717, 1.165) is 22.3 Å². The summed E-state index contributed by atoms with van der Waals surface area (Å²) in [5.74, 6) is 0.788. The lowest BCUT2D eigenvalue weighted by molar-refractivity contribution is 0.474. The lowest BCUT2D eigenvalue weighted by Gasteiger charge is -2.23. The van der Waals surface area contributed by atoms with E-state index in [0.29, 0.717) is 12.4 Å². The molecule has 1 N–H and O–H groups in total. The predicted molar refractivity (Wildman–Crippen MR) is 113 cm³/mol.